The van der Waals surface area contributed by atoms with Crippen molar-refractivity contribution in [3.63, 3.8) is 0 Å². The fraction of sp³-hybridized carbons (Fsp3) is 0.600. The predicted octanol–water partition coefficient (Wildman–Crippen LogP) is 2.11. The Morgan fingerprint density at radius 1 is 1.24 bits per heavy atom. The lowest BCUT2D eigenvalue weighted by atomic mass is 9.90. The summed E-state index contributed by atoms with van der Waals surface area (Å²) in [6.45, 7) is 0.588. The van der Waals surface area contributed by atoms with Gasteiger partial charge in [0.2, 0.25) is 0 Å². The minimum atomic E-state index is -4.17. The molecule has 2 rings (SSSR count). The second-order valence-electron chi connectivity index (χ2n) is 5.72. The number of β-amino-alcohol motifs (C(OH)–C–C–N with tert-alkyl or cyclic N) is 1. The van der Waals surface area contributed by atoms with Crippen molar-refractivity contribution in [1.29, 1.82) is 0 Å². The molecule has 0 aliphatic carbocycles. The average Bonchev–Trinajstić information content (AvgIpc) is 2.47. The molecule has 1 saturated heterocycles. The van der Waals surface area contributed by atoms with Crippen molar-refractivity contribution in [1.82, 2.24) is 4.90 Å². The van der Waals surface area contributed by atoms with Crippen molar-refractivity contribution >= 4 is 0 Å². The molecule has 2 unspecified atom stereocenters. The van der Waals surface area contributed by atoms with E-state index in [1.165, 1.54) is 0 Å². The van der Waals surface area contributed by atoms with Gasteiger partial charge >= 0.3 is 6.18 Å². The van der Waals surface area contributed by atoms with Crippen LogP contribution in [-0.2, 0) is 5.60 Å². The summed E-state index contributed by atoms with van der Waals surface area (Å²) < 4.78 is 38.5. The zero-order chi connectivity index (χ0) is 15.5. The Balaban J connectivity index is 2.08. The minimum absolute atomic E-state index is 0.0236. The van der Waals surface area contributed by atoms with Crippen LogP contribution in [0.3, 0.4) is 0 Å². The van der Waals surface area contributed by atoms with Crippen molar-refractivity contribution < 1.29 is 18.3 Å². The maximum Gasteiger partial charge on any atom is 0.393 e. The molecule has 1 aliphatic heterocycles. The van der Waals surface area contributed by atoms with Crippen LogP contribution < -0.4 is 5.73 Å². The van der Waals surface area contributed by atoms with Crippen molar-refractivity contribution in [3.8, 4) is 0 Å². The molecule has 0 spiro atoms. The molecule has 0 saturated carbocycles. The summed E-state index contributed by atoms with van der Waals surface area (Å²) in [4.78, 5) is 1.67. The third kappa shape index (κ3) is 3.96. The number of nitrogens with zero attached hydrogens (tertiary/aromatic N) is 1. The minimum Gasteiger partial charge on any atom is -0.382 e. The quantitative estimate of drug-likeness (QED) is 0.895. The van der Waals surface area contributed by atoms with Crippen LogP contribution in [0.25, 0.3) is 0 Å². The largest absolute Gasteiger partial charge is 0.393 e. The topological polar surface area (TPSA) is 49.5 Å². The Morgan fingerprint density at radius 3 is 2.48 bits per heavy atom. The van der Waals surface area contributed by atoms with Gasteiger partial charge in [-0.2, -0.15) is 13.2 Å². The van der Waals surface area contributed by atoms with Gasteiger partial charge in [-0.25, -0.2) is 0 Å². The Labute approximate surface area is 122 Å². The summed E-state index contributed by atoms with van der Waals surface area (Å²) in [5.41, 5.74) is 5.01. The fourth-order valence-electron chi connectivity index (χ4n) is 2.86. The van der Waals surface area contributed by atoms with Crippen LogP contribution in [0.2, 0.25) is 0 Å². The molecule has 6 heteroatoms. The molecule has 1 fully saturated rings. The molecule has 1 aliphatic rings. The smallest absolute Gasteiger partial charge is 0.382 e. The molecule has 2 atom stereocenters. The normalized spacial score (nSPS) is 23.8. The lowest BCUT2D eigenvalue weighted by molar-refractivity contribution is -0.189. The summed E-state index contributed by atoms with van der Waals surface area (Å²) in [6.07, 6.45) is -3.53. The Morgan fingerprint density at radius 2 is 1.90 bits per heavy atom. The number of rotatable bonds is 4. The van der Waals surface area contributed by atoms with E-state index in [2.05, 4.69) is 0 Å². The highest BCUT2D eigenvalue weighted by molar-refractivity contribution is 5.23. The lowest BCUT2D eigenvalue weighted by Crippen LogP contribution is -2.50. The zero-order valence-corrected chi connectivity index (χ0v) is 11.8. The van der Waals surface area contributed by atoms with Crippen LogP contribution in [0.4, 0.5) is 13.2 Å². The molecule has 1 heterocycles. The molecule has 1 aromatic rings. The number of hydrogen-bond acceptors (Lipinski definition) is 3. The van der Waals surface area contributed by atoms with E-state index in [0.717, 1.165) is 0 Å². The van der Waals surface area contributed by atoms with E-state index >= 15 is 0 Å². The molecule has 0 amide bonds. The first-order chi connectivity index (χ1) is 9.85. The van der Waals surface area contributed by atoms with Crippen LogP contribution in [0, 0.1) is 5.92 Å². The Kier molecular flexibility index (Phi) is 4.91. The highest BCUT2D eigenvalue weighted by Gasteiger charge is 2.43. The van der Waals surface area contributed by atoms with Crippen LogP contribution in [0.15, 0.2) is 30.3 Å². The van der Waals surface area contributed by atoms with Gasteiger partial charge in [0.05, 0.1) is 5.92 Å². The van der Waals surface area contributed by atoms with E-state index in [1.807, 2.05) is 6.07 Å². The first-order valence-corrected chi connectivity index (χ1v) is 7.12. The van der Waals surface area contributed by atoms with Crippen molar-refractivity contribution in [3.05, 3.63) is 35.9 Å². The van der Waals surface area contributed by atoms with Gasteiger partial charge in [-0.05, 0) is 24.9 Å². The number of likely N-dealkylation sites (tertiary alicyclic amines) is 1. The summed E-state index contributed by atoms with van der Waals surface area (Å²) in [6, 6.07) is 8.88. The van der Waals surface area contributed by atoms with Crippen molar-refractivity contribution in [2.45, 2.75) is 24.6 Å². The number of piperidine rings is 1. The predicted molar refractivity (Wildman–Crippen MR) is 74.6 cm³/mol. The zero-order valence-electron chi connectivity index (χ0n) is 11.8. The first-order valence-electron chi connectivity index (χ1n) is 7.12. The number of nitrogens with two attached hydrogens (primary N) is 1. The van der Waals surface area contributed by atoms with E-state index in [9.17, 15) is 18.3 Å². The van der Waals surface area contributed by atoms with Gasteiger partial charge in [0, 0.05) is 19.6 Å². The molecular formula is C15H21F3N2O. The molecule has 0 aromatic heterocycles. The van der Waals surface area contributed by atoms with Gasteiger partial charge < -0.3 is 10.8 Å². The molecule has 0 bridgehead atoms. The van der Waals surface area contributed by atoms with Crippen molar-refractivity contribution in [2.75, 3.05) is 26.2 Å². The maximum atomic E-state index is 12.8. The summed E-state index contributed by atoms with van der Waals surface area (Å²) in [7, 11) is 0. The summed E-state index contributed by atoms with van der Waals surface area (Å²) in [5, 5.41) is 10.7. The Hall–Kier alpha value is -1.11. The number of hydrogen-bond donors (Lipinski definition) is 2. The molecule has 0 radical (unpaired) electrons. The highest BCUT2D eigenvalue weighted by atomic mass is 19.4. The molecule has 1 aromatic carbocycles. The number of alkyl halides is 3. The van der Waals surface area contributed by atoms with E-state index in [4.69, 9.17) is 5.73 Å². The van der Waals surface area contributed by atoms with Gasteiger partial charge in [0.25, 0.3) is 0 Å². The van der Waals surface area contributed by atoms with Crippen LogP contribution in [-0.4, -0.2) is 42.4 Å². The number of benzene rings is 1. The van der Waals surface area contributed by atoms with Gasteiger partial charge in [0.15, 0.2) is 0 Å². The molecular weight excluding hydrogens is 281 g/mol. The summed E-state index contributed by atoms with van der Waals surface area (Å²) in [5.74, 6) is -1.32. The van der Waals surface area contributed by atoms with Gasteiger partial charge in [-0.1, -0.05) is 30.3 Å². The third-order valence-corrected chi connectivity index (χ3v) is 4.10. The standard InChI is InChI=1S/C15H21F3N2O/c16-15(17,18)13-7-4-8-20(9-13)11-14(21,10-19)12-5-2-1-3-6-12/h1-3,5-6,13,21H,4,7-11,19H2. The summed E-state index contributed by atoms with van der Waals surface area (Å²) >= 11 is 0. The number of halogens is 3. The van der Waals surface area contributed by atoms with Gasteiger partial charge in [-0.3, -0.25) is 4.90 Å². The average molecular weight is 302 g/mol. The van der Waals surface area contributed by atoms with E-state index in [1.54, 1.807) is 29.2 Å². The number of aliphatic hydroxyl groups is 1. The van der Waals surface area contributed by atoms with Crippen LogP contribution in [0.5, 0.6) is 0 Å². The monoisotopic (exact) mass is 302 g/mol. The molecule has 3 N–H and O–H groups in total. The Bertz CT molecular complexity index is 452. The molecule has 3 nitrogen and oxygen atoms in total. The molecule has 21 heavy (non-hydrogen) atoms. The second-order valence-corrected chi connectivity index (χ2v) is 5.72. The van der Waals surface area contributed by atoms with Gasteiger partial charge in [-0.15, -0.1) is 0 Å². The lowest BCUT2D eigenvalue weighted by Gasteiger charge is -2.39. The van der Waals surface area contributed by atoms with E-state index < -0.39 is 17.7 Å². The SMILES string of the molecule is NCC(O)(CN1CCCC(C(F)(F)F)C1)c1ccccc1. The molecule has 118 valence electrons. The van der Waals surface area contributed by atoms with Crippen LogP contribution >= 0.6 is 0 Å². The van der Waals surface area contributed by atoms with Crippen LogP contribution in [0.1, 0.15) is 18.4 Å². The highest BCUT2D eigenvalue weighted by Crippen LogP contribution is 2.34. The second kappa shape index (κ2) is 6.34. The maximum absolute atomic E-state index is 12.8. The van der Waals surface area contributed by atoms with E-state index in [0.29, 0.717) is 18.5 Å². The van der Waals surface area contributed by atoms with Crippen molar-refractivity contribution in [2.24, 2.45) is 11.7 Å². The first kappa shape index (κ1) is 16.3. The fourth-order valence-corrected chi connectivity index (χ4v) is 2.86. The van der Waals surface area contributed by atoms with E-state index in [-0.39, 0.29) is 26.1 Å². The third-order valence-electron chi connectivity index (χ3n) is 4.10. The van der Waals surface area contributed by atoms with Gasteiger partial charge in [0.1, 0.15) is 5.60 Å².